The van der Waals surface area contributed by atoms with Gasteiger partial charge in [-0.15, -0.1) is 0 Å². The van der Waals surface area contributed by atoms with Crippen LogP contribution in [0.4, 0.5) is 5.82 Å². The fourth-order valence-corrected chi connectivity index (χ4v) is 4.79. The van der Waals surface area contributed by atoms with E-state index in [9.17, 15) is 4.79 Å². The van der Waals surface area contributed by atoms with Crippen molar-refractivity contribution in [3.8, 4) is 28.3 Å². The maximum absolute atomic E-state index is 13.3. The van der Waals surface area contributed by atoms with Crippen LogP contribution in [0.5, 0.6) is 5.75 Å². The molecule has 1 aliphatic rings. The summed E-state index contributed by atoms with van der Waals surface area (Å²) in [4.78, 5) is 29.1. The van der Waals surface area contributed by atoms with Gasteiger partial charge in [0.05, 0.1) is 12.6 Å². The number of hydrogen-bond donors (Lipinski definition) is 0. The van der Waals surface area contributed by atoms with Gasteiger partial charge in [0, 0.05) is 42.2 Å². The van der Waals surface area contributed by atoms with Gasteiger partial charge in [0.1, 0.15) is 11.6 Å². The van der Waals surface area contributed by atoms with Crippen LogP contribution in [0.3, 0.4) is 0 Å². The number of amides is 1. The molecular formula is C30H24N4O2. The first-order valence-corrected chi connectivity index (χ1v) is 11.9. The van der Waals surface area contributed by atoms with Crippen LogP contribution < -0.4 is 9.64 Å². The van der Waals surface area contributed by atoms with Crippen LogP contribution in [0.15, 0.2) is 97.3 Å². The molecule has 0 N–H and O–H groups in total. The van der Waals surface area contributed by atoms with Gasteiger partial charge in [-0.25, -0.2) is 9.97 Å². The average molecular weight is 473 g/mol. The van der Waals surface area contributed by atoms with Crippen molar-refractivity contribution >= 4 is 22.6 Å². The predicted molar refractivity (Wildman–Crippen MR) is 141 cm³/mol. The van der Waals surface area contributed by atoms with Gasteiger partial charge in [-0.3, -0.25) is 14.7 Å². The summed E-state index contributed by atoms with van der Waals surface area (Å²) in [5, 5.41) is 0.838. The summed E-state index contributed by atoms with van der Waals surface area (Å²) in [5.74, 6) is 2.15. The molecule has 1 atom stereocenters. The summed E-state index contributed by atoms with van der Waals surface area (Å²) in [5.41, 5.74) is 4.78. The number of carbonyl (C=O) groups is 1. The second kappa shape index (κ2) is 9.23. The summed E-state index contributed by atoms with van der Waals surface area (Å²) >= 11 is 0. The molecular weight excluding hydrogens is 448 g/mol. The Bertz CT molecular complexity index is 1550. The number of rotatable bonds is 5. The first-order valence-electron chi connectivity index (χ1n) is 11.9. The molecule has 1 amide bonds. The Morgan fingerprint density at radius 1 is 0.861 bits per heavy atom. The van der Waals surface area contributed by atoms with Crippen LogP contribution in [-0.2, 0) is 4.79 Å². The summed E-state index contributed by atoms with van der Waals surface area (Å²) in [6.45, 7) is 0.574. The van der Waals surface area contributed by atoms with Gasteiger partial charge >= 0.3 is 0 Å². The highest BCUT2D eigenvalue weighted by Gasteiger charge is 2.33. The zero-order chi connectivity index (χ0) is 24.5. The smallest absolute Gasteiger partial charge is 0.228 e. The molecule has 2 aromatic heterocycles. The highest BCUT2D eigenvalue weighted by Crippen LogP contribution is 2.37. The molecule has 1 unspecified atom stereocenters. The van der Waals surface area contributed by atoms with E-state index >= 15 is 0 Å². The minimum Gasteiger partial charge on any atom is -0.497 e. The van der Waals surface area contributed by atoms with Gasteiger partial charge in [0.15, 0.2) is 5.82 Å². The molecule has 6 heteroatoms. The van der Waals surface area contributed by atoms with Crippen molar-refractivity contribution in [2.24, 2.45) is 0 Å². The maximum atomic E-state index is 13.3. The molecule has 1 fully saturated rings. The number of carbonyl (C=O) groups excluding carboxylic acids is 1. The van der Waals surface area contributed by atoms with Gasteiger partial charge in [-0.2, -0.15) is 0 Å². The summed E-state index contributed by atoms with van der Waals surface area (Å²) in [6, 6.07) is 28.0. The molecule has 6 nitrogen and oxygen atoms in total. The van der Waals surface area contributed by atoms with Crippen LogP contribution in [-0.4, -0.2) is 34.5 Å². The number of nitrogens with zero attached hydrogens (tertiary/aromatic N) is 4. The predicted octanol–water partition coefficient (Wildman–Crippen LogP) is 5.89. The molecule has 6 rings (SSSR count). The monoisotopic (exact) mass is 472 g/mol. The molecule has 0 radical (unpaired) electrons. The largest absolute Gasteiger partial charge is 0.497 e. The van der Waals surface area contributed by atoms with E-state index in [1.54, 1.807) is 19.5 Å². The Hall–Kier alpha value is -4.58. The van der Waals surface area contributed by atoms with Crippen LogP contribution in [0.1, 0.15) is 17.9 Å². The van der Waals surface area contributed by atoms with Crippen molar-refractivity contribution in [3.05, 3.63) is 103 Å². The summed E-state index contributed by atoms with van der Waals surface area (Å²) < 4.78 is 5.42. The Morgan fingerprint density at radius 3 is 2.50 bits per heavy atom. The number of anilines is 1. The van der Waals surface area contributed by atoms with Crippen molar-refractivity contribution in [3.63, 3.8) is 0 Å². The molecule has 3 aromatic carbocycles. The fraction of sp³-hybridized carbons (Fsp3) is 0.133. The topological polar surface area (TPSA) is 68.2 Å². The second-order valence-electron chi connectivity index (χ2n) is 8.89. The Kier molecular flexibility index (Phi) is 5.62. The Balaban J connectivity index is 1.50. The van der Waals surface area contributed by atoms with Crippen LogP contribution in [0, 0.1) is 0 Å². The summed E-state index contributed by atoms with van der Waals surface area (Å²) in [6.07, 6.45) is 3.92. The first kappa shape index (κ1) is 21.9. The van der Waals surface area contributed by atoms with Gasteiger partial charge in [0.25, 0.3) is 0 Å². The third-order valence-corrected chi connectivity index (χ3v) is 6.65. The van der Waals surface area contributed by atoms with Gasteiger partial charge in [-0.1, -0.05) is 48.5 Å². The molecule has 36 heavy (non-hydrogen) atoms. The maximum Gasteiger partial charge on any atom is 0.228 e. The van der Waals surface area contributed by atoms with Crippen molar-refractivity contribution in [1.29, 1.82) is 0 Å². The number of pyridine rings is 1. The molecule has 5 aromatic rings. The number of aromatic nitrogens is 3. The Labute approximate surface area is 209 Å². The van der Waals surface area contributed by atoms with E-state index in [0.29, 0.717) is 24.6 Å². The number of fused-ring (bicyclic) bond motifs is 1. The van der Waals surface area contributed by atoms with E-state index in [1.165, 1.54) is 0 Å². The molecule has 1 saturated heterocycles. The molecule has 0 aliphatic carbocycles. The van der Waals surface area contributed by atoms with Gasteiger partial charge in [0.2, 0.25) is 5.91 Å². The average Bonchev–Trinajstić information content (AvgIpc) is 3.34. The zero-order valence-corrected chi connectivity index (χ0v) is 19.8. The van der Waals surface area contributed by atoms with Crippen LogP contribution in [0.2, 0.25) is 0 Å². The standard InChI is InChI=1S/C30H24N4O2/c1-36-25-11-5-9-21(15-25)22-12-13-27-26(16-22)30(33-29(32-27)23-10-6-14-31-18-23)34-19-24(17-28(34)35)20-7-3-2-4-8-20/h2-16,18,24H,17,19H2,1H3. The fourth-order valence-electron chi connectivity index (χ4n) is 4.79. The van der Waals surface area contributed by atoms with Crippen molar-refractivity contribution in [2.45, 2.75) is 12.3 Å². The molecule has 176 valence electrons. The normalized spacial score (nSPS) is 15.4. The minimum absolute atomic E-state index is 0.0628. The molecule has 0 bridgehead atoms. The van der Waals surface area contributed by atoms with Crippen molar-refractivity contribution in [1.82, 2.24) is 15.0 Å². The van der Waals surface area contributed by atoms with Crippen LogP contribution >= 0.6 is 0 Å². The van der Waals surface area contributed by atoms with E-state index in [0.717, 1.165) is 38.9 Å². The lowest BCUT2D eigenvalue weighted by Gasteiger charge is -2.19. The van der Waals surface area contributed by atoms with Gasteiger partial charge < -0.3 is 4.74 Å². The van der Waals surface area contributed by atoms with E-state index in [-0.39, 0.29) is 11.8 Å². The lowest BCUT2D eigenvalue weighted by molar-refractivity contribution is -0.117. The zero-order valence-electron chi connectivity index (χ0n) is 19.8. The summed E-state index contributed by atoms with van der Waals surface area (Å²) in [7, 11) is 1.66. The van der Waals surface area contributed by atoms with E-state index in [4.69, 9.17) is 14.7 Å². The van der Waals surface area contributed by atoms with E-state index in [2.05, 4.69) is 23.2 Å². The van der Waals surface area contributed by atoms with Crippen LogP contribution in [0.25, 0.3) is 33.4 Å². The molecule has 3 heterocycles. The lowest BCUT2D eigenvalue weighted by atomic mass is 9.98. The number of hydrogen-bond acceptors (Lipinski definition) is 5. The third kappa shape index (κ3) is 4.07. The van der Waals surface area contributed by atoms with E-state index in [1.807, 2.05) is 71.6 Å². The third-order valence-electron chi connectivity index (χ3n) is 6.65. The molecule has 0 spiro atoms. The first-order chi connectivity index (χ1) is 17.7. The van der Waals surface area contributed by atoms with Gasteiger partial charge in [-0.05, 0) is 53.1 Å². The lowest BCUT2D eigenvalue weighted by Crippen LogP contribution is -2.26. The number of benzene rings is 3. The molecule has 1 aliphatic heterocycles. The Morgan fingerprint density at radius 2 is 1.69 bits per heavy atom. The quantitative estimate of drug-likeness (QED) is 0.319. The second-order valence-corrected chi connectivity index (χ2v) is 8.89. The SMILES string of the molecule is COc1cccc(-c2ccc3nc(-c4cccnc4)nc(N4CC(c5ccccc5)CC4=O)c3c2)c1. The van der Waals surface area contributed by atoms with Crippen molar-refractivity contribution < 1.29 is 9.53 Å². The minimum atomic E-state index is 0.0628. The van der Waals surface area contributed by atoms with Crippen molar-refractivity contribution in [2.75, 3.05) is 18.6 Å². The highest BCUT2D eigenvalue weighted by molar-refractivity contribution is 6.04. The molecule has 0 saturated carbocycles. The number of ether oxygens (including phenoxy) is 1. The number of methoxy groups -OCH3 is 1. The highest BCUT2D eigenvalue weighted by atomic mass is 16.5. The van der Waals surface area contributed by atoms with E-state index < -0.39 is 0 Å².